The SMILES string of the molecule is C=C(CNc1cc(Cl)c(Cl)cc1N=CCC(F)(F)F)COC. The molecule has 0 aromatic heterocycles. The lowest BCUT2D eigenvalue weighted by molar-refractivity contribution is -0.120. The highest BCUT2D eigenvalue weighted by molar-refractivity contribution is 6.42. The maximum Gasteiger partial charge on any atom is 0.393 e. The van der Waals surface area contributed by atoms with Crippen LogP contribution in [-0.4, -0.2) is 32.7 Å². The van der Waals surface area contributed by atoms with Crippen LogP contribution in [0.15, 0.2) is 29.3 Å². The van der Waals surface area contributed by atoms with Crippen molar-refractivity contribution in [1.29, 1.82) is 0 Å². The Morgan fingerprint density at radius 1 is 1.36 bits per heavy atom. The van der Waals surface area contributed by atoms with Crippen molar-refractivity contribution < 1.29 is 17.9 Å². The van der Waals surface area contributed by atoms with Crippen LogP contribution in [0.2, 0.25) is 10.0 Å². The Labute approximate surface area is 136 Å². The zero-order chi connectivity index (χ0) is 16.8. The molecule has 0 fully saturated rings. The second kappa shape index (κ2) is 8.41. The Morgan fingerprint density at radius 2 is 2.00 bits per heavy atom. The molecule has 3 nitrogen and oxygen atoms in total. The number of nitrogens with one attached hydrogen (secondary N) is 1. The van der Waals surface area contributed by atoms with Crippen molar-refractivity contribution in [2.75, 3.05) is 25.6 Å². The average Bonchev–Trinajstić information content (AvgIpc) is 2.40. The third-order valence-corrected chi connectivity index (χ3v) is 3.19. The van der Waals surface area contributed by atoms with Gasteiger partial charge < -0.3 is 10.1 Å². The molecular weight excluding hydrogens is 340 g/mol. The molecule has 22 heavy (non-hydrogen) atoms. The summed E-state index contributed by atoms with van der Waals surface area (Å²) in [6.45, 7) is 4.52. The summed E-state index contributed by atoms with van der Waals surface area (Å²) in [7, 11) is 1.54. The number of anilines is 1. The van der Waals surface area contributed by atoms with E-state index in [0.717, 1.165) is 11.8 Å². The fourth-order valence-electron chi connectivity index (χ4n) is 1.51. The van der Waals surface area contributed by atoms with Gasteiger partial charge in [0.25, 0.3) is 0 Å². The number of benzene rings is 1. The number of rotatable bonds is 7. The van der Waals surface area contributed by atoms with Crippen molar-refractivity contribution in [2.45, 2.75) is 12.6 Å². The van der Waals surface area contributed by atoms with Crippen LogP contribution in [0.3, 0.4) is 0 Å². The lowest BCUT2D eigenvalue weighted by atomic mass is 10.2. The van der Waals surface area contributed by atoms with Gasteiger partial charge in [0.05, 0.1) is 34.4 Å². The summed E-state index contributed by atoms with van der Waals surface area (Å²) in [5.41, 5.74) is 1.49. The van der Waals surface area contributed by atoms with Crippen molar-refractivity contribution in [3.63, 3.8) is 0 Å². The Hall–Kier alpha value is -1.24. The molecule has 0 spiro atoms. The normalized spacial score (nSPS) is 11.9. The number of halogens is 5. The van der Waals surface area contributed by atoms with Crippen LogP contribution in [-0.2, 0) is 4.74 Å². The summed E-state index contributed by atoms with van der Waals surface area (Å²) in [6.07, 6.45) is -4.64. The van der Waals surface area contributed by atoms with Crippen LogP contribution in [0.4, 0.5) is 24.5 Å². The number of aliphatic imine (C=N–C) groups is 1. The molecule has 1 N–H and O–H groups in total. The fourth-order valence-corrected chi connectivity index (χ4v) is 1.83. The third-order valence-electron chi connectivity index (χ3n) is 2.47. The van der Waals surface area contributed by atoms with E-state index in [1.165, 1.54) is 19.2 Å². The number of hydrogen-bond donors (Lipinski definition) is 1. The number of alkyl halides is 3. The predicted molar refractivity (Wildman–Crippen MR) is 84.8 cm³/mol. The zero-order valence-electron chi connectivity index (χ0n) is 11.8. The molecular formula is C14H15Cl2F3N2O. The molecule has 0 heterocycles. The largest absolute Gasteiger partial charge is 0.393 e. The maximum absolute atomic E-state index is 12.2. The van der Waals surface area contributed by atoms with Crippen LogP contribution >= 0.6 is 23.2 Å². The van der Waals surface area contributed by atoms with Gasteiger partial charge >= 0.3 is 6.18 Å². The van der Waals surface area contributed by atoms with Crippen molar-refractivity contribution in [3.05, 3.63) is 34.3 Å². The molecule has 0 aliphatic carbocycles. The molecule has 1 rings (SSSR count). The van der Waals surface area contributed by atoms with Crippen LogP contribution in [0.5, 0.6) is 0 Å². The van der Waals surface area contributed by atoms with Crippen molar-refractivity contribution >= 4 is 40.8 Å². The molecule has 1 aromatic carbocycles. The number of methoxy groups -OCH3 is 1. The van der Waals surface area contributed by atoms with E-state index in [-0.39, 0.29) is 15.7 Å². The van der Waals surface area contributed by atoms with Crippen molar-refractivity contribution in [1.82, 2.24) is 0 Å². The maximum atomic E-state index is 12.2. The smallest absolute Gasteiger partial charge is 0.380 e. The van der Waals surface area contributed by atoms with Gasteiger partial charge in [-0.2, -0.15) is 13.2 Å². The van der Waals surface area contributed by atoms with Gasteiger partial charge in [0, 0.05) is 19.9 Å². The molecule has 122 valence electrons. The fraction of sp³-hybridized carbons (Fsp3) is 0.357. The highest BCUT2D eigenvalue weighted by Gasteiger charge is 2.25. The van der Waals surface area contributed by atoms with E-state index in [1.54, 1.807) is 0 Å². The van der Waals surface area contributed by atoms with E-state index in [4.69, 9.17) is 27.9 Å². The standard InChI is InChI=1S/C14H15Cl2F3N2O/c1-9(8-22-2)7-21-13-6-11(16)10(15)5-12(13)20-4-3-14(17,18)19/h4-6,21H,1,3,7-8H2,2H3. The summed E-state index contributed by atoms with van der Waals surface area (Å²) in [5, 5.41) is 3.48. The summed E-state index contributed by atoms with van der Waals surface area (Å²) < 4.78 is 41.4. The first-order valence-corrected chi connectivity index (χ1v) is 6.96. The lowest BCUT2D eigenvalue weighted by Crippen LogP contribution is -2.08. The minimum atomic E-state index is -4.31. The van der Waals surface area contributed by atoms with Gasteiger partial charge in [0.1, 0.15) is 0 Å². The second-order valence-electron chi connectivity index (χ2n) is 4.45. The van der Waals surface area contributed by atoms with Gasteiger partial charge in [-0.15, -0.1) is 0 Å². The van der Waals surface area contributed by atoms with Gasteiger partial charge in [0.15, 0.2) is 0 Å². The quantitative estimate of drug-likeness (QED) is 0.535. The molecule has 0 saturated carbocycles. The summed E-state index contributed by atoms with van der Waals surface area (Å²) in [4.78, 5) is 3.81. The molecule has 8 heteroatoms. The van der Waals surface area contributed by atoms with Crippen LogP contribution in [0, 0.1) is 0 Å². The molecule has 0 amide bonds. The monoisotopic (exact) mass is 354 g/mol. The molecule has 0 saturated heterocycles. The van der Waals surface area contributed by atoms with E-state index in [1.807, 2.05) is 0 Å². The third kappa shape index (κ3) is 6.68. The van der Waals surface area contributed by atoms with E-state index in [0.29, 0.717) is 18.8 Å². The number of ether oxygens (including phenoxy) is 1. The summed E-state index contributed by atoms with van der Waals surface area (Å²) >= 11 is 11.8. The first-order chi connectivity index (χ1) is 10.2. The molecule has 0 bridgehead atoms. The van der Waals surface area contributed by atoms with Gasteiger partial charge in [-0.3, -0.25) is 4.99 Å². The van der Waals surface area contributed by atoms with Crippen molar-refractivity contribution in [2.24, 2.45) is 4.99 Å². The van der Waals surface area contributed by atoms with Crippen LogP contribution < -0.4 is 5.32 Å². The Balaban J connectivity index is 2.90. The Morgan fingerprint density at radius 3 is 2.59 bits per heavy atom. The first kappa shape index (κ1) is 18.8. The number of hydrogen-bond acceptors (Lipinski definition) is 3. The van der Waals surface area contributed by atoms with Crippen LogP contribution in [0.25, 0.3) is 0 Å². The van der Waals surface area contributed by atoms with E-state index in [2.05, 4.69) is 16.9 Å². The zero-order valence-corrected chi connectivity index (χ0v) is 13.3. The average molecular weight is 355 g/mol. The van der Waals surface area contributed by atoms with E-state index in [9.17, 15) is 13.2 Å². The van der Waals surface area contributed by atoms with Crippen LogP contribution in [0.1, 0.15) is 6.42 Å². The van der Waals surface area contributed by atoms with Gasteiger partial charge in [-0.05, 0) is 17.7 Å². The van der Waals surface area contributed by atoms with E-state index >= 15 is 0 Å². The molecule has 1 aromatic rings. The van der Waals surface area contributed by atoms with Gasteiger partial charge in [-0.1, -0.05) is 29.8 Å². The molecule has 0 radical (unpaired) electrons. The second-order valence-corrected chi connectivity index (χ2v) is 5.27. The first-order valence-electron chi connectivity index (χ1n) is 6.20. The van der Waals surface area contributed by atoms with Gasteiger partial charge in [-0.25, -0.2) is 0 Å². The Kier molecular flexibility index (Phi) is 7.19. The molecule has 0 aliphatic heterocycles. The predicted octanol–water partition coefficient (Wildman–Crippen LogP) is 5.26. The molecule has 0 atom stereocenters. The summed E-state index contributed by atoms with van der Waals surface area (Å²) in [5.74, 6) is 0. The van der Waals surface area contributed by atoms with Crippen molar-refractivity contribution in [3.8, 4) is 0 Å². The highest BCUT2D eigenvalue weighted by atomic mass is 35.5. The Bertz CT molecular complexity index is 560. The highest BCUT2D eigenvalue weighted by Crippen LogP contribution is 2.34. The minimum Gasteiger partial charge on any atom is -0.380 e. The summed E-state index contributed by atoms with van der Waals surface area (Å²) in [6, 6.07) is 2.91. The lowest BCUT2D eigenvalue weighted by Gasteiger charge is -2.12. The number of nitrogens with zero attached hydrogens (tertiary/aromatic N) is 1. The molecule has 0 unspecified atom stereocenters. The van der Waals surface area contributed by atoms with E-state index < -0.39 is 12.6 Å². The minimum absolute atomic E-state index is 0.210. The van der Waals surface area contributed by atoms with Gasteiger partial charge in [0.2, 0.25) is 0 Å². The topological polar surface area (TPSA) is 33.6 Å². The molecule has 0 aliphatic rings.